The summed E-state index contributed by atoms with van der Waals surface area (Å²) in [5.74, 6) is 0.547. The van der Waals surface area contributed by atoms with Gasteiger partial charge in [-0.1, -0.05) is 50.2 Å². The Morgan fingerprint density at radius 1 is 1.10 bits per heavy atom. The normalized spacial score (nSPS) is 11.9. The summed E-state index contributed by atoms with van der Waals surface area (Å²) in [5.41, 5.74) is 8.30. The number of rotatable bonds is 6. The number of anilines is 1. The van der Waals surface area contributed by atoms with Gasteiger partial charge in [0.1, 0.15) is 5.75 Å². The number of aryl methyl sites for hydroxylation is 1. The first kappa shape index (κ1) is 15.1. The smallest absolute Gasteiger partial charge is 0.203 e. The van der Waals surface area contributed by atoms with Crippen molar-refractivity contribution in [2.45, 2.75) is 32.8 Å². The van der Waals surface area contributed by atoms with E-state index in [2.05, 4.69) is 6.92 Å². The van der Waals surface area contributed by atoms with E-state index in [4.69, 9.17) is 10.5 Å². The molecule has 2 aromatic rings. The molecular formula is C18H21NO2. The number of para-hydroxylation sites is 2. The Hall–Kier alpha value is -2.29. The highest BCUT2D eigenvalue weighted by atomic mass is 16.5. The van der Waals surface area contributed by atoms with Gasteiger partial charge in [0, 0.05) is 5.56 Å². The molecule has 0 bridgehead atoms. The third-order valence-corrected chi connectivity index (χ3v) is 3.50. The maximum atomic E-state index is 12.5. The molecule has 110 valence electrons. The van der Waals surface area contributed by atoms with Crippen molar-refractivity contribution >= 4 is 11.5 Å². The number of nitrogen functional groups attached to an aromatic ring is 1. The van der Waals surface area contributed by atoms with Gasteiger partial charge in [-0.15, -0.1) is 0 Å². The number of nitrogens with two attached hydrogens (primary N) is 1. The summed E-state index contributed by atoms with van der Waals surface area (Å²) >= 11 is 0. The van der Waals surface area contributed by atoms with Gasteiger partial charge in [0.2, 0.25) is 5.78 Å². The van der Waals surface area contributed by atoms with Crippen LogP contribution in [0.2, 0.25) is 0 Å². The zero-order valence-corrected chi connectivity index (χ0v) is 12.5. The first-order valence-corrected chi connectivity index (χ1v) is 7.30. The minimum absolute atomic E-state index is 0.0107. The molecule has 0 radical (unpaired) electrons. The minimum atomic E-state index is -0.512. The fourth-order valence-electron chi connectivity index (χ4n) is 2.15. The van der Waals surface area contributed by atoms with Crippen LogP contribution in [0.1, 0.15) is 36.2 Å². The van der Waals surface area contributed by atoms with Gasteiger partial charge < -0.3 is 10.5 Å². The lowest BCUT2D eigenvalue weighted by Crippen LogP contribution is -2.27. The van der Waals surface area contributed by atoms with Crippen molar-refractivity contribution in [3.05, 3.63) is 59.7 Å². The summed E-state index contributed by atoms with van der Waals surface area (Å²) in [6.07, 6.45) is 1.05. The maximum absolute atomic E-state index is 12.5. The van der Waals surface area contributed by atoms with Gasteiger partial charge in [0.25, 0.3) is 0 Å². The molecule has 2 N–H and O–H groups in total. The van der Waals surface area contributed by atoms with Crippen LogP contribution in [0, 0.1) is 0 Å². The van der Waals surface area contributed by atoms with Crippen LogP contribution in [0.15, 0.2) is 48.5 Å². The first-order chi connectivity index (χ1) is 10.2. The van der Waals surface area contributed by atoms with E-state index in [1.807, 2.05) is 43.3 Å². The summed E-state index contributed by atoms with van der Waals surface area (Å²) < 4.78 is 5.79. The van der Waals surface area contributed by atoms with Gasteiger partial charge in [0.05, 0.1) is 5.69 Å². The molecule has 0 heterocycles. The van der Waals surface area contributed by atoms with E-state index in [1.165, 1.54) is 5.56 Å². The lowest BCUT2D eigenvalue weighted by atomic mass is 10.0. The van der Waals surface area contributed by atoms with E-state index in [1.54, 1.807) is 12.1 Å². The molecule has 0 aromatic heterocycles. The average Bonchev–Trinajstić information content (AvgIpc) is 2.53. The number of hydrogen-bond acceptors (Lipinski definition) is 3. The minimum Gasteiger partial charge on any atom is -0.480 e. The molecular weight excluding hydrogens is 262 g/mol. The quantitative estimate of drug-likeness (QED) is 0.646. The number of carbonyl (C=O) groups excluding carboxylic acids is 1. The van der Waals surface area contributed by atoms with Gasteiger partial charge in [0.15, 0.2) is 6.10 Å². The largest absolute Gasteiger partial charge is 0.480 e. The second-order valence-corrected chi connectivity index (χ2v) is 4.97. The standard InChI is InChI=1S/C18H21NO2/c1-3-13-9-11-14(12-10-13)18(20)16(4-2)21-17-8-6-5-7-15(17)19/h5-12,16H,3-4,19H2,1-2H3. The number of ether oxygens (including phenoxy) is 1. The molecule has 1 atom stereocenters. The van der Waals surface area contributed by atoms with Crippen LogP contribution in [-0.2, 0) is 6.42 Å². The van der Waals surface area contributed by atoms with E-state index in [9.17, 15) is 4.79 Å². The zero-order chi connectivity index (χ0) is 15.2. The van der Waals surface area contributed by atoms with Gasteiger partial charge in [-0.3, -0.25) is 4.79 Å². The summed E-state index contributed by atoms with van der Waals surface area (Å²) in [7, 11) is 0. The lowest BCUT2D eigenvalue weighted by molar-refractivity contribution is 0.0788. The van der Waals surface area contributed by atoms with E-state index < -0.39 is 6.10 Å². The average molecular weight is 283 g/mol. The van der Waals surface area contributed by atoms with Crippen LogP contribution in [0.3, 0.4) is 0 Å². The predicted molar refractivity (Wildman–Crippen MR) is 85.7 cm³/mol. The maximum Gasteiger partial charge on any atom is 0.203 e. The molecule has 3 heteroatoms. The topological polar surface area (TPSA) is 52.3 Å². The number of carbonyl (C=O) groups is 1. The van der Waals surface area contributed by atoms with E-state index in [0.29, 0.717) is 23.4 Å². The van der Waals surface area contributed by atoms with Crippen LogP contribution < -0.4 is 10.5 Å². The Morgan fingerprint density at radius 3 is 2.33 bits per heavy atom. The van der Waals surface area contributed by atoms with Crippen LogP contribution >= 0.6 is 0 Å². The van der Waals surface area contributed by atoms with E-state index in [-0.39, 0.29) is 5.78 Å². The zero-order valence-electron chi connectivity index (χ0n) is 12.5. The van der Waals surface area contributed by atoms with E-state index >= 15 is 0 Å². The van der Waals surface area contributed by atoms with Crippen molar-refractivity contribution in [1.82, 2.24) is 0 Å². The first-order valence-electron chi connectivity index (χ1n) is 7.30. The van der Waals surface area contributed by atoms with Gasteiger partial charge in [-0.05, 0) is 30.5 Å². The molecule has 0 amide bonds. The fourth-order valence-corrected chi connectivity index (χ4v) is 2.15. The number of Topliss-reactive ketones (excluding diaryl/α,β-unsaturated/α-hetero) is 1. The fraction of sp³-hybridized carbons (Fsp3) is 0.278. The number of benzene rings is 2. The molecule has 0 aliphatic rings. The molecule has 2 rings (SSSR count). The molecule has 0 saturated heterocycles. The van der Waals surface area contributed by atoms with Gasteiger partial charge in [-0.2, -0.15) is 0 Å². The van der Waals surface area contributed by atoms with Crippen LogP contribution in [-0.4, -0.2) is 11.9 Å². The number of hydrogen-bond donors (Lipinski definition) is 1. The van der Waals surface area contributed by atoms with Gasteiger partial charge in [-0.25, -0.2) is 0 Å². The van der Waals surface area contributed by atoms with Crippen molar-refractivity contribution in [3.8, 4) is 5.75 Å². The van der Waals surface area contributed by atoms with Crippen molar-refractivity contribution in [2.75, 3.05) is 5.73 Å². The Kier molecular flexibility index (Phi) is 4.99. The van der Waals surface area contributed by atoms with Crippen molar-refractivity contribution < 1.29 is 9.53 Å². The van der Waals surface area contributed by atoms with Crippen molar-refractivity contribution in [3.63, 3.8) is 0 Å². The second kappa shape index (κ2) is 6.93. The molecule has 2 aromatic carbocycles. The van der Waals surface area contributed by atoms with Gasteiger partial charge >= 0.3 is 0 Å². The molecule has 1 unspecified atom stereocenters. The summed E-state index contributed by atoms with van der Waals surface area (Å²) in [6.45, 7) is 4.02. The Balaban J connectivity index is 2.16. The molecule has 0 fully saturated rings. The number of ketones is 1. The molecule has 3 nitrogen and oxygen atoms in total. The van der Waals surface area contributed by atoms with E-state index in [0.717, 1.165) is 6.42 Å². The monoisotopic (exact) mass is 283 g/mol. The molecule has 0 saturated carbocycles. The highest BCUT2D eigenvalue weighted by Gasteiger charge is 2.20. The summed E-state index contributed by atoms with van der Waals surface area (Å²) in [6, 6.07) is 14.9. The van der Waals surface area contributed by atoms with Crippen LogP contribution in [0.25, 0.3) is 0 Å². The molecule has 0 aliphatic heterocycles. The van der Waals surface area contributed by atoms with Crippen LogP contribution in [0.5, 0.6) is 5.75 Å². The van der Waals surface area contributed by atoms with Crippen LogP contribution in [0.4, 0.5) is 5.69 Å². The Morgan fingerprint density at radius 2 is 1.76 bits per heavy atom. The summed E-state index contributed by atoms with van der Waals surface area (Å²) in [5, 5.41) is 0. The third-order valence-electron chi connectivity index (χ3n) is 3.50. The van der Waals surface area contributed by atoms with Crippen molar-refractivity contribution in [2.24, 2.45) is 0 Å². The van der Waals surface area contributed by atoms with Crippen molar-refractivity contribution in [1.29, 1.82) is 0 Å². The Bertz CT molecular complexity index is 605. The lowest BCUT2D eigenvalue weighted by Gasteiger charge is -2.17. The third kappa shape index (κ3) is 3.63. The summed E-state index contributed by atoms with van der Waals surface area (Å²) in [4.78, 5) is 12.5. The predicted octanol–water partition coefficient (Wildman–Crippen LogP) is 3.87. The molecule has 0 aliphatic carbocycles. The Labute approximate surface area is 125 Å². The molecule has 0 spiro atoms. The SMILES string of the molecule is CCc1ccc(C(=O)C(CC)Oc2ccccc2N)cc1. The highest BCUT2D eigenvalue weighted by molar-refractivity contribution is 5.99. The molecule has 21 heavy (non-hydrogen) atoms. The second-order valence-electron chi connectivity index (χ2n) is 4.97. The highest BCUT2D eigenvalue weighted by Crippen LogP contribution is 2.23.